The van der Waals surface area contributed by atoms with Crippen LogP contribution < -0.4 is 35.6 Å². The van der Waals surface area contributed by atoms with Crippen LogP contribution >= 0.6 is 0 Å². The fourth-order valence-electron chi connectivity index (χ4n) is 5.48. The molecule has 3 aromatic rings. The second kappa shape index (κ2) is 19.0. The summed E-state index contributed by atoms with van der Waals surface area (Å²) in [5, 5.41) is 14.7. The van der Waals surface area contributed by atoms with Crippen LogP contribution in [0.5, 0.6) is 5.75 Å². The minimum Gasteiger partial charge on any atom is -0.496 e. The van der Waals surface area contributed by atoms with E-state index in [1.807, 2.05) is 69.3 Å². The first-order valence-corrected chi connectivity index (χ1v) is 19.1. The number of nitrogens with one attached hydrogen (secondary N) is 5. The molecule has 4 amide bonds. The van der Waals surface area contributed by atoms with Gasteiger partial charge in [0.2, 0.25) is 21.8 Å². The normalized spacial score (nSPS) is 13.6. The molecule has 0 saturated heterocycles. The number of carbonyl (C=O) groups is 4. The standard InChI is InChI=1S/C38H52N6O7S/c1-9-39-38(48)34(24(2)3)43-35(45)26(5)40-23-30(19-27-15-11-10-12-16-27)42-37(47)29-20-28(21-31(22-29)44(6)52(8,49)50)36(46)41-25(4)32-17-13-14-18-33(32)51-7/h10-18,20-22,24-26,30,34,40H,9,19,23H2,1-8H3,(H,39,48)(H,41,46)(H,42,47)(H,43,45)/t25?,26-,30-,34-/m0/s1. The van der Waals surface area contributed by atoms with Crippen molar-refractivity contribution in [2.24, 2.45) is 5.92 Å². The number of para-hydroxylation sites is 1. The molecule has 0 bridgehead atoms. The van der Waals surface area contributed by atoms with E-state index in [-0.39, 0.29) is 41.1 Å². The van der Waals surface area contributed by atoms with Crippen molar-refractivity contribution < 1.29 is 32.3 Å². The summed E-state index contributed by atoms with van der Waals surface area (Å²) in [7, 11) is -0.868. The Hall–Kier alpha value is -4.95. The molecule has 0 radical (unpaired) electrons. The number of sulfonamides is 1. The van der Waals surface area contributed by atoms with Gasteiger partial charge in [-0.05, 0) is 62.9 Å². The van der Waals surface area contributed by atoms with E-state index in [2.05, 4.69) is 26.6 Å². The third-order valence-corrected chi connectivity index (χ3v) is 9.78. The van der Waals surface area contributed by atoms with Gasteiger partial charge in [-0.15, -0.1) is 0 Å². The van der Waals surface area contributed by atoms with Gasteiger partial charge in [0, 0.05) is 42.9 Å². The summed E-state index contributed by atoms with van der Waals surface area (Å²) >= 11 is 0. The monoisotopic (exact) mass is 736 g/mol. The van der Waals surface area contributed by atoms with Crippen molar-refractivity contribution in [1.82, 2.24) is 26.6 Å². The van der Waals surface area contributed by atoms with E-state index in [0.29, 0.717) is 18.7 Å². The minimum atomic E-state index is -3.75. The Balaban J connectivity index is 1.89. The highest BCUT2D eigenvalue weighted by Gasteiger charge is 2.27. The van der Waals surface area contributed by atoms with Gasteiger partial charge in [-0.2, -0.15) is 0 Å². The number of likely N-dealkylation sites (N-methyl/N-ethyl adjacent to an activating group) is 1. The lowest BCUT2D eigenvalue weighted by Crippen LogP contribution is -2.55. The zero-order chi connectivity index (χ0) is 38.6. The Morgan fingerprint density at radius 2 is 1.40 bits per heavy atom. The first-order valence-electron chi connectivity index (χ1n) is 17.2. The third-order valence-electron chi connectivity index (χ3n) is 8.58. The minimum absolute atomic E-state index is 0.0636. The third kappa shape index (κ3) is 11.8. The van der Waals surface area contributed by atoms with Gasteiger partial charge in [0.15, 0.2) is 0 Å². The van der Waals surface area contributed by atoms with Crippen LogP contribution in [0.4, 0.5) is 5.69 Å². The number of hydrogen-bond acceptors (Lipinski definition) is 8. The van der Waals surface area contributed by atoms with Crippen LogP contribution in [0.15, 0.2) is 72.8 Å². The molecule has 4 atom stereocenters. The van der Waals surface area contributed by atoms with Crippen LogP contribution in [-0.2, 0) is 26.0 Å². The highest BCUT2D eigenvalue weighted by molar-refractivity contribution is 7.92. The van der Waals surface area contributed by atoms with Crippen LogP contribution in [0.1, 0.15) is 72.5 Å². The lowest BCUT2D eigenvalue weighted by molar-refractivity contribution is -0.130. The smallest absolute Gasteiger partial charge is 0.251 e. The molecule has 0 aliphatic heterocycles. The Kier molecular flexibility index (Phi) is 15.2. The topological polar surface area (TPSA) is 175 Å². The molecule has 3 aromatic carbocycles. The van der Waals surface area contributed by atoms with Crippen molar-refractivity contribution in [3.63, 3.8) is 0 Å². The van der Waals surface area contributed by atoms with E-state index in [4.69, 9.17) is 4.74 Å². The van der Waals surface area contributed by atoms with Gasteiger partial charge in [0.25, 0.3) is 11.8 Å². The summed E-state index contributed by atoms with van der Waals surface area (Å²) in [6.07, 6.45) is 1.43. The van der Waals surface area contributed by atoms with Crippen molar-refractivity contribution in [2.45, 2.75) is 65.2 Å². The SMILES string of the molecule is CCNC(=O)[C@@H](NC(=O)[C@H](C)NC[C@H](Cc1ccccc1)NC(=O)c1cc(C(=O)NC(C)c2ccccc2OC)cc(N(C)S(C)(=O)=O)c1)C(C)C. The number of nitrogens with zero attached hydrogens (tertiary/aromatic N) is 1. The van der Waals surface area contributed by atoms with Gasteiger partial charge >= 0.3 is 0 Å². The van der Waals surface area contributed by atoms with Crippen LogP contribution in [0.25, 0.3) is 0 Å². The molecule has 282 valence electrons. The molecular weight excluding hydrogens is 685 g/mol. The Labute approximate surface area is 307 Å². The molecule has 0 saturated carbocycles. The molecule has 0 aliphatic carbocycles. The highest BCUT2D eigenvalue weighted by Crippen LogP contribution is 2.26. The summed E-state index contributed by atoms with van der Waals surface area (Å²) in [6, 6.07) is 18.5. The predicted molar refractivity (Wildman–Crippen MR) is 203 cm³/mol. The molecule has 0 heterocycles. The second-order valence-corrected chi connectivity index (χ2v) is 15.1. The van der Waals surface area contributed by atoms with Crippen LogP contribution in [0.3, 0.4) is 0 Å². The lowest BCUT2D eigenvalue weighted by atomic mass is 10.0. The van der Waals surface area contributed by atoms with Crippen molar-refractivity contribution in [2.75, 3.05) is 37.8 Å². The van der Waals surface area contributed by atoms with Crippen LogP contribution in [0.2, 0.25) is 0 Å². The van der Waals surface area contributed by atoms with E-state index in [9.17, 15) is 27.6 Å². The first kappa shape index (κ1) is 41.5. The number of benzene rings is 3. The maximum atomic E-state index is 13.9. The Morgan fingerprint density at radius 1 is 0.808 bits per heavy atom. The van der Waals surface area contributed by atoms with Crippen LogP contribution in [-0.4, -0.2) is 83.7 Å². The summed E-state index contributed by atoms with van der Waals surface area (Å²) in [4.78, 5) is 53.2. The second-order valence-electron chi connectivity index (χ2n) is 13.1. The van der Waals surface area contributed by atoms with Crippen LogP contribution in [0, 0.1) is 5.92 Å². The van der Waals surface area contributed by atoms with Gasteiger partial charge in [-0.25, -0.2) is 8.42 Å². The molecule has 52 heavy (non-hydrogen) atoms. The molecule has 0 spiro atoms. The molecule has 0 aliphatic rings. The number of anilines is 1. The Bertz CT molecular complexity index is 1800. The van der Waals surface area contributed by atoms with Gasteiger partial charge in [0.05, 0.1) is 31.1 Å². The first-order chi connectivity index (χ1) is 24.5. The van der Waals surface area contributed by atoms with Crippen molar-refractivity contribution >= 4 is 39.3 Å². The fourth-order valence-corrected chi connectivity index (χ4v) is 5.97. The fraction of sp³-hybridized carbons (Fsp3) is 0.421. The molecule has 14 heteroatoms. The number of carbonyl (C=O) groups excluding carboxylic acids is 4. The number of rotatable bonds is 18. The Morgan fingerprint density at radius 3 is 1.98 bits per heavy atom. The van der Waals surface area contributed by atoms with E-state index in [1.165, 1.54) is 32.4 Å². The molecule has 0 fully saturated rings. The van der Waals surface area contributed by atoms with E-state index in [1.54, 1.807) is 19.9 Å². The zero-order valence-corrected chi connectivity index (χ0v) is 32.0. The molecule has 3 rings (SSSR count). The number of hydrogen-bond donors (Lipinski definition) is 5. The largest absolute Gasteiger partial charge is 0.496 e. The van der Waals surface area contributed by atoms with Crippen molar-refractivity contribution in [3.8, 4) is 5.75 Å². The number of ether oxygens (including phenoxy) is 1. The van der Waals surface area contributed by atoms with Gasteiger partial charge in [-0.1, -0.05) is 62.4 Å². The number of methoxy groups -OCH3 is 1. The summed E-state index contributed by atoms with van der Waals surface area (Å²) in [5.74, 6) is -1.26. The maximum absolute atomic E-state index is 13.9. The number of amides is 4. The van der Waals surface area contributed by atoms with Crippen molar-refractivity contribution in [3.05, 3.63) is 95.1 Å². The van der Waals surface area contributed by atoms with Gasteiger partial charge in [0.1, 0.15) is 11.8 Å². The summed E-state index contributed by atoms with van der Waals surface area (Å²) in [6.45, 7) is 9.59. The van der Waals surface area contributed by atoms with Crippen molar-refractivity contribution in [1.29, 1.82) is 0 Å². The quantitative estimate of drug-likeness (QED) is 0.132. The summed E-state index contributed by atoms with van der Waals surface area (Å²) < 4.78 is 31.5. The highest BCUT2D eigenvalue weighted by atomic mass is 32.2. The molecule has 5 N–H and O–H groups in total. The van der Waals surface area contributed by atoms with E-state index in [0.717, 1.165) is 21.7 Å². The molecule has 1 unspecified atom stereocenters. The predicted octanol–water partition coefficient (Wildman–Crippen LogP) is 3.18. The molecule has 0 aromatic heterocycles. The van der Waals surface area contributed by atoms with E-state index >= 15 is 0 Å². The lowest BCUT2D eigenvalue weighted by Gasteiger charge is -2.25. The van der Waals surface area contributed by atoms with E-state index < -0.39 is 46.0 Å². The zero-order valence-electron chi connectivity index (χ0n) is 31.1. The van der Waals surface area contributed by atoms with Gasteiger partial charge in [-0.3, -0.25) is 23.5 Å². The average molecular weight is 737 g/mol. The maximum Gasteiger partial charge on any atom is 0.251 e. The average Bonchev–Trinajstić information content (AvgIpc) is 3.11. The van der Waals surface area contributed by atoms with Gasteiger partial charge < -0.3 is 31.3 Å². The molecule has 13 nitrogen and oxygen atoms in total. The molecular formula is C38H52N6O7S. The summed E-state index contributed by atoms with van der Waals surface area (Å²) in [5.41, 5.74) is 1.94.